The van der Waals surface area contributed by atoms with Gasteiger partial charge in [-0.15, -0.1) is 11.3 Å². The molecule has 12 nitrogen and oxygen atoms in total. The summed E-state index contributed by atoms with van der Waals surface area (Å²) in [6.07, 6.45) is 0.676. The number of carbonyl (C=O) groups is 3. The molecular weight excluding hydrogens is 762 g/mol. The van der Waals surface area contributed by atoms with Crippen LogP contribution >= 0.6 is 11.3 Å². The molecule has 3 aromatic rings. The van der Waals surface area contributed by atoms with Gasteiger partial charge in [0.2, 0.25) is 5.91 Å². The first-order chi connectivity index (χ1) is 27.4. The maximum Gasteiger partial charge on any atom is 0.393 e. The van der Waals surface area contributed by atoms with E-state index in [9.17, 15) is 27.6 Å². The number of nitrogens with two attached hydrogens (primary N) is 1. The van der Waals surface area contributed by atoms with Crippen molar-refractivity contribution >= 4 is 50.6 Å². The van der Waals surface area contributed by atoms with Crippen molar-refractivity contribution in [3.8, 4) is 17.6 Å². The van der Waals surface area contributed by atoms with Gasteiger partial charge in [0.05, 0.1) is 41.0 Å². The Morgan fingerprint density at radius 3 is 2.56 bits per heavy atom. The van der Waals surface area contributed by atoms with E-state index in [4.69, 9.17) is 26.5 Å². The van der Waals surface area contributed by atoms with Crippen LogP contribution in [0.3, 0.4) is 0 Å². The molecule has 1 aromatic heterocycles. The van der Waals surface area contributed by atoms with Crippen LogP contribution in [0.2, 0.25) is 0 Å². The highest BCUT2D eigenvalue weighted by Gasteiger charge is 2.46. The lowest BCUT2D eigenvalue weighted by Crippen LogP contribution is -2.62. The number of fused-ring (bicyclic) bond motifs is 1. The highest BCUT2D eigenvalue weighted by Crippen LogP contribution is 2.44. The molecule has 2 saturated heterocycles. The van der Waals surface area contributed by atoms with E-state index in [1.54, 1.807) is 12.1 Å². The van der Waals surface area contributed by atoms with Gasteiger partial charge in [0.25, 0.3) is 5.91 Å². The molecule has 3 fully saturated rings. The fourth-order valence-corrected chi connectivity index (χ4v) is 9.15. The monoisotopic (exact) mass is 808 g/mol. The number of hydrogen-bond acceptors (Lipinski definition) is 10. The topological polar surface area (TPSA) is 149 Å². The third-order valence-electron chi connectivity index (χ3n) is 11.0. The molecule has 1 atom stereocenters. The molecule has 1 saturated carbocycles. The van der Waals surface area contributed by atoms with Gasteiger partial charge in [-0.05, 0) is 80.2 Å². The lowest BCUT2D eigenvalue weighted by Gasteiger charge is -2.56. The van der Waals surface area contributed by atoms with E-state index in [2.05, 4.69) is 37.5 Å². The molecule has 16 heteroatoms. The third kappa shape index (κ3) is 10.7. The van der Waals surface area contributed by atoms with Crippen molar-refractivity contribution in [1.82, 2.24) is 10.2 Å². The lowest BCUT2D eigenvalue weighted by atomic mass is 9.71. The summed E-state index contributed by atoms with van der Waals surface area (Å²) in [7, 11) is 1.15. The molecule has 0 radical (unpaired) electrons. The maximum atomic E-state index is 13.9. The van der Waals surface area contributed by atoms with E-state index in [0.717, 1.165) is 82.3 Å². The lowest BCUT2D eigenvalue weighted by molar-refractivity contribution is -0.143. The Kier molecular flexibility index (Phi) is 13.5. The van der Waals surface area contributed by atoms with E-state index in [-0.39, 0.29) is 49.0 Å². The number of likely N-dealkylation sites (tertiary alicyclic amines) is 1. The predicted octanol–water partition coefficient (Wildman–Crippen LogP) is 6.10. The number of ether oxygens (including phenoxy) is 3. The minimum absolute atomic E-state index is 0.0113. The van der Waals surface area contributed by atoms with Crippen LogP contribution in [0.15, 0.2) is 36.4 Å². The minimum atomic E-state index is -4.44. The van der Waals surface area contributed by atoms with Crippen molar-refractivity contribution in [2.24, 2.45) is 11.1 Å². The Labute approximate surface area is 333 Å². The molecule has 1 spiro atoms. The molecule has 2 amide bonds. The molecule has 3 heterocycles. The summed E-state index contributed by atoms with van der Waals surface area (Å²) in [5.41, 5.74) is 7.06. The van der Waals surface area contributed by atoms with Gasteiger partial charge in [-0.25, -0.2) is 11.4 Å². The van der Waals surface area contributed by atoms with Gasteiger partial charge >= 0.3 is 18.9 Å². The van der Waals surface area contributed by atoms with E-state index in [1.165, 1.54) is 29.5 Å². The van der Waals surface area contributed by atoms with Gasteiger partial charge in [0, 0.05) is 55.8 Å². The van der Waals surface area contributed by atoms with Gasteiger partial charge in [-0.1, -0.05) is 24.0 Å². The van der Waals surface area contributed by atoms with E-state index in [0.29, 0.717) is 27.4 Å². The van der Waals surface area contributed by atoms with Gasteiger partial charge < -0.3 is 35.9 Å². The standard InChI is InChI=1S/C41H47F3N6O6S/c1-46-25-56-34-21-26(38(52)49-33(39(53)54-2)14-15-36(45)51)8-13-31(34)47-18-4-7-35-30(22-41(42,43)44)29-5-3-6-32(37(29)57-35)48-27-9-11-28(12-10-27)50-23-40(24-50)16-19-55-20-17-40/h3,5-6,8,13,21,27-28,33,47-48H,9-12,14-20,22-25H2,2H3,(H2,45,51)(H,49,52). The van der Waals surface area contributed by atoms with Gasteiger partial charge in [-0.2, -0.15) is 13.2 Å². The fraction of sp³-hybridized carbons (Fsp3) is 0.512. The number of halogens is 3. The van der Waals surface area contributed by atoms with Gasteiger partial charge in [0.1, 0.15) is 6.04 Å². The van der Waals surface area contributed by atoms with Crippen LogP contribution in [0.4, 0.5) is 24.5 Å². The molecule has 57 heavy (non-hydrogen) atoms. The zero-order valence-electron chi connectivity index (χ0n) is 31.8. The number of nitrogens with zero attached hydrogens (tertiary/aromatic N) is 2. The van der Waals surface area contributed by atoms with E-state index >= 15 is 0 Å². The summed E-state index contributed by atoms with van der Waals surface area (Å²) in [5, 5.41) is 9.78. The normalized spacial score (nSPS) is 19.6. The Morgan fingerprint density at radius 2 is 1.88 bits per heavy atom. The summed E-state index contributed by atoms with van der Waals surface area (Å²) in [6, 6.07) is 9.47. The first kappa shape index (κ1) is 41.6. The van der Waals surface area contributed by atoms with Gasteiger partial charge in [-0.3, -0.25) is 19.3 Å². The number of benzene rings is 2. The number of nitrogens with one attached hydrogen (secondary N) is 3. The maximum absolute atomic E-state index is 13.9. The van der Waals surface area contributed by atoms with Crippen molar-refractivity contribution in [3.05, 3.63) is 63.8 Å². The van der Waals surface area contributed by atoms with Crippen LogP contribution in [0.5, 0.6) is 5.75 Å². The average molecular weight is 809 g/mol. The Hall–Kier alpha value is -5.03. The number of carbonyl (C=O) groups excluding carboxylic acids is 3. The molecule has 304 valence electrons. The average Bonchev–Trinajstić information content (AvgIpc) is 3.52. The Morgan fingerprint density at radius 1 is 1.12 bits per heavy atom. The minimum Gasteiger partial charge on any atom is -0.467 e. The zero-order chi connectivity index (χ0) is 40.6. The van der Waals surface area contributed by atoms with Crippen molar-refractivity contribution in [3.63, 3.8) is 0 Å². The van der Waals surface area contributed by atoms with Crippen molar-refractivity contribution < 1.29 is 41.8 Å². The van der Waals surface area contributed by atoms with Crippen molar-refractivity contribution in [2.75, 3.05) is 57.3 Å². The molecule has 1 unspecified atom stereocenters. The second kappa shape index (κ2) is 18.5. The first-order valence-electron chi connectivity index (χ1n) is 19.1. The van der Waals surface area contributed by atoms with Crippen LogP contribution in [-0.4, -0.2) is 93.7 Å². The molecule has 2 aromatic carbocycles. The second-order valence-electron chi connectivity index (χ2n) is 14.9. The zero-order valence-corrected chi connectivity index (χ0v) is 32.6. The number of esters is 1. The molecular formula is C41H47F3N6O6S. The highest BCUT2D eigenvalue weighted by molar-refractivity contribution is 7.20. The molecule has 1 aliphatic carbocycles. The molecule has 3 aliphatic rings. The summed E-state index contributed by atoms with van der Waals surface area (Å²) >= 11 is 1.25. The quantitative estimate of drug-likeness (QED) is 0.0862. The number of anilines is 2. The van der Waals surface area contributed by atoms with E-state index in [1.807, 2.05) is 6.07 Å². The largest absolute Gasteiger partial charge is 0.467 e. The van der Waals surface area contributed by atoms with Crippen molar-refractivity contribution in [2.45, 2.75) is 82.1 Å². The Balaban J connectivity index is 1.13. The number of hydrogen-bond donors (Lipinski definition) is 4. The summed E-state index contributed by atoms with van der Waals surface area (Å²) in [5.74, 6) is 3.99. The summed E-state index contributed by atoms with van der Waals surface area (Å²) in [6.45, 7) is 10.8. The fourth-order valence-electron chi connectivity index (χ4n) is 7.97. The number of thiophene rings is 1. The SMILES string of the molecule is [C-]#[N+]COc1cc(C(=O)NC(CCC(N)=O)C(=O)OC)ccc1NCC#Cc1sc2c(NC3CCC(N4CC5(CCOCC5)C4)CC3)cccc2c1CC(F)(F)F. The van der Waals surface area contributed by atoms with Crippen LogP contribution < -0.4 is 26.4 Å². The molecule has 0 bridgehead atoms. The summed E-state index contributed by atoms with van der Waals surface area (Å²) < 4.78 is 58.3. The first-order valence-corrected chi connectivity index (χ1v) is 19.9. The Bertz CT molecular complexity index is 2030. The number of primary amides is 1. The predicted molar refractivity (Wildman–Crippen MR) is 211 cm³/mol. The number of alkyl halides is 3. The van der Waals surface area contributed by atoms with Gasteiger partial charge in [0.15, 0.2) is 5.75 Å². The van der Waals surface area contributed by atoms with Crippen LogP contribution in [0.25, 0.3) is 14.9 Å². The summed E-state index contributed by atoms with van der Waals surface area (Å²) in [4.78, 5) is 42.6. The van der Waals surface area contributed by atoms with Crippen LogP contribution in [0.1, 0.15) is 72.2 Å². The molecule has 6 rings (SSSR count). The van der Waals surface area contributed by atoms with E-state index < -0.39 is 36.4 Å². The number of rotatable bonds is 14. The van der Waals surface area contributed by atoms with Crippen molar-refractivity contribution in [1.29, 1.82) is 0 Å². The van der Waals surface area contributed by atoms with Crippen LogP contribution in [0, 0.1) is 23.8 Å². The molecule has 2 aliphatic heterocycles. The molecule has 5 N–H and O–H groups in total. The highest BCUT2D eigenvalue weighted by atomic mass is 32.1. The third-order valence-corrected chi connectivity index (χ3v) is 12.2. The van der Waals surface area contributed by atoms with Crippen LogP contribution in [-0.2, 0) is 25.5 Å². The second-order valence-corrected chi connectivity index (χ2v) is 15.9. The smallest absolute Gasteiger partial charge is 0.393 e. The number of methoxy groups -OCH3 is 1. The number of amides is 2.